The van der Waals surface area contributed by atoms with Crippen LogP contribution >= 0.6 is 15.9 Å². The van der Waals surface area contributed by atoms with Crippen LogP contribution in [-0.2, 0) is 6.18 Å². The van der Waals surface area contributed by atoms with Gasteiger partial charge in [-0.15, -0.1) is 0 Å². The molecule has 0 N–H and O–H groups in total. The van der Waals surface area contributed by atoms with E-state index in [4.69, 9.17) is 0 Å². The smallest absolute Gasteiger partial charge is 0.370 e. The van der Waals surface area contributed by atoms with Crippen molar-refractivity contribution in [3.8, 4) is 5.69 Å². The molecule has 2 aromatic rings. The molecule has 0 saturated carbocycles. The molecule has 0 unspecified atom stereocenters. The summed E-state index contributed by atoms with van der Waals surface area (Å²) in [4.78, 5) is 8.06. The van der Waals surface area contributed by atoms with Crippen LogP contribution in [0.1, 0.15) is 12.0 Å². The summed E-state index contributed by atoms with van der Waals surface area (Å²) in [6.45, 7) is 1.50. The molecule has 4 nitrogen and oxygen atoms in total. The number of anilines is 1. The van der Waals surface area contributed by atoms with E-state index >= 15 is 0 Å². The van der Waals surface area contributed by atoms with Gasteiger partial charge in [-0.25, -0.2) is 4.98 Å². The molecular weight excluding hydrogens is 385 g/mol. The molecule has 3 rings (SSSR count). The maximum absolute atomic E-state index is 13.5. The molecule has 2 heterocycles. The monoisotopic (exact) mass is 402 g/mol. The Balaban J connectivity index is 1.97. The maximum atomic E-state index is 13.5. The van der Waals surface area contributed by atoms with Crippen LogP contribution in [0.2, 0.25) is 0 Å². The fraction of sp³-hybridized carbons (Fsp3) is 0.438. The molecule has 1 fully saturated rings. The quantitative estimate of drug-likeness (QED) is 0.780. The van der Waals surface area contributed by atoms with Crippen molar-refractivity contribution in [3.63, 3.8) is 0 Å². The van der Waals surface area contributed by atoms with Gasteiger partial charge in [0.25, 0.3) is 0 Å². The molecule has 130 valence electrons. The highest BCUT2D eigenvalue weighted by Crippen LogP contribution is 2.37. The number of rotatable bonds is 3. The van der Waals surface area contributed by atoms with Crippen LogP contribution in [0.4, 0.5) is 18.9 Å². The third kappa shape index (κ3) is 3.44. The number of hydrogen-bond acceptors (Lipinski definition) is 3. The summed E-state index contributed by atoms with van der Waals surface area (Å²) in [6.07, 6.45) is -0.595. The number of aromatic nitrogens is 2. The second-order valence-electron chi connectivity index (χ2n) is 6.15. The van der Waals surface area contributed by atoms with Crippen LogP contribution in [0, 0.1) is 0 Å². The highest BCUT2D eigenvalue weighted by atomic mass is 79.9. The van der Waals surface area contributed by atoms with E-state index in [1.165, 1.54) is 29.2 Å². The van der Waals surface area contributed by atoms with Gasteiger partial charge in [0.15, 0.2) is 0 Å². The third-order valence-electron chi connectivity index (χ3n) is 4.37. The van der Waals surface area contributed by atoms with Crippen molar-refractivity contribution in [1.82, 2.24) is 14.5 Å². The van der Waals surface area contributed by atoms with E-state index in [0.717, 1.165) is 19.5 Å². The molecule has 0 radical (unpaired) electrons. The molecule has 0 amide bonds. The summed E-state index contributed by atoms with van der Waals surface area (Å²) in [5.41, 5.74) is 0.0283. The zero-order chi connectivity index (χ0) is 17.5. The van der Waals surface area contributed by atoms with E-state index in [0.29, 0.717) is 16.3 Å². The van der Waals surface area contributed by atoms with E-state index in [9.17, 15) is 13.2 Å². The van der Waals surface area contributed by atoms with Crippen LogP contribution in [0.5, 0.6) is 0 Å². The van der Waals surface area contributed by atoms with Gasteiger partial charge < -0.3 is 14.4 Å². The van der Waals surface area contributed by atoms with Gasteiger partial charge in [0, 0.05) is 31.0 Å². The summed E-state index contributed by atoms with van der Waals surface area (Å²) < 4.78 is 42.5. The van der Waals surface area contributed by atoms with E-state index < -0.39 is 11.7 Å². The summed E-state index contributed by atoms with van der Waals surface area (Å²) in [5.74, 6) is 0. The molecule has 1 aromatic carbocycles. The van der Waals surface area contributed by atoms with Crippen molar-refractivity contribution in [2.75, 3.05) is 32.1 Å². The summed E-state index contributed by atoms with van der Waals surface area (Å²) in [5, 5.41) is 0. The lowest BCUT2D eigenvalue weighted by atomic mass is 10.1. The van der Waals surface area contributed by atoms with Crippen LogP contribution in [0.25, 0.3) is 5.69 Å². The predicted molar refractivity (Wildman–Crippen MR) is 90.6 cm³/mol. The molecule has 1 saturated heterocycles. The first-order valence-corrected chi connectivity index (χ1v) is 8.37. The van der Waals surface area contributed by atoms with Gasteiger partial charge in [-0.2, -0.15) is 13.2 Å². The first-order chi connectivity index (χ1) is 11.3. The fourth-order valence-electron chi connectivity index (χ4n) is 3.00. The molecule has 1 aliphatic heterocycles. The van der Waals surface area contributed by atoms with Gasteiger partial charge in [0.1, 0.15) is 10.9 Å². The second kappa shape index (κ2) is 6.40. The van der Waals surface area contributed by atoms with Crippen LogP contribution in [0.15, 0.2) is 35.3 Å². The van der Waals surface area contributed by atoms with E-state index in [2.05, 4.69) is 25.8 Å². The minimum absolute atomic E-state index is 0.0767. The molecule has 1 aromatic heterocycles. The van der Waals surface area contributed by atoms with E-state index in [1.54, 1.807) is 6.07 Å². The van der Waals surface area contributed by atoms with Crippen molar-refractivity contribution >= 4 is 21.6 Å². The maximum Gasteiger partial charge on any atom is 0.418 e. The average molecular weight is 403 g/mol. The Morgan fingerprint density at radius 1 is 1.29 bits per heavy atom. The van der Waals surface area contributed by atoms with Crippen LogP contribution < -0.4 is 4.90 Å². The van der Waals surface area contributed by atoms with Gasteiger partial charge >= 0.3 is 6.18 Å². The molecular formula is C16H18BrF3N4. The Morgan fingerprint density at radius 3 is 2.58 bits per heavy atom. The van der Waals surface area contributed by atoms with Gasteiger partial charge in [-0.3, -0.25) is 0 Å². The fourth-order valence-corrected chi connectivity index (χ4v) is 3.31. The van der Waals surface area contributed by atoms with Crippen molar-refractivity contribution in [2.45, 2.75) is 18.6 Å². The van der Waals surface area contributed by atoms with Gasteiger partial charge in [-0.05, 0) is 54.6 Å². The van der Waals surface area contributed by atoms with Crippen molar-refractivity contribution < 1.29 is 13.2 Å². The number of hydrogen-bond donors (Lipinski definition) is 0. The first kappa shape index (κ1) is 17.3. The van der Waals surface area contributed by atoms with Crippen LogP contribution in [-0.4, -0.2) is 47.7 Å². The Bertz CT molecular complexity index is 726. The standard InChI is InChI=1S/C16H18BrF3N4/c1-22(2)12-5-6-23(8-12)11-3-4-14(13(7-11)16(18,19)20)24-9-15(17)21-10-24/h3-4,7,9-10,12H,5-6,8H2,1-2H3/t12-/m1/s1. The summed E-state index contributed by atoms with van der Waals surface area (Å²) in [7, 11) is 3.99. The minimum Gasteiger partial charge on any atom is -0.370 e. The summed E-state index contributed by atoms with van der Waals surface area (Å²) >= 11 is 3.17. The molecule has 0 aliphatic carbocycles. The van der Waals surface area contributed by atoms with Gasteiger partial charge in [0.2, 0.25) is 0 Å². The van der Waals surface area contributed by atoms with Gasteiger partial charge in [0.05, 0.1) is 11.3 Å². The Morgan fingerprint density at radius 2 is 2.04 bits per heavy atom. The number of halogens is 4. The predicted octanol–water partition coefficient (Wildman–Crippen LogP) is 3.79. The zero-order valence-electron chi connectivity index (χ0n) is 13.4. The largest absolute Gasteiger partial charge is 0.418 e. The lowest BCUT2D eigenvalue weighted by Crippen LogP contribution is -2.31. The Labute approximate surface area is 147 Å². The molecule has 1 aliphatic rings. The lowest BCUT2D eigenvalue weighted by molar-refractivity contribution is -0.137. The first-order valence-electron chi connectivity index (χ1n) is 7.58. The van der Waals surface area contributed by atoms with Crippen molar-refractivity contribution in [1.29, 1.82) is 0 Å². The third-order valence-corrected chi connectivity index (χ3v) is 4.78. The molecule has 24 heavy (non-hydrogen) atoms. The lowest BCUT2D eigenvalue weighted by Gasteiger charge is -2.23. The normalized spacial score (nSPS) is 18.6. The minimum atomic E-state index is -4.43. The van der Waals surface area contributed by atoms with E-state index in [-0.39, 0.29) is 5.69 Å². The van der Waals surface area contributed by atoms with Gasteiger partial charge in [-0.1, -0.05) is 0 Å². The number of alkyl halides is 3. The average Bonchev–Trinajstić information content (AvgIpc) is 3.14. The Kier molecular flexibility index (Phi) is 4.61. The molecule has 1 atom stereocenters. The second-order valence-corrected chi connectivity index (χ2v) is 6.97. The van der Waals surface area contributed by atoms with Crippen molar-refractivity contribution in [3.05, 3.63) is 40.9 Å². The topological polar surface area (TPSA) is 24.3 Å². The number of benzene rings is 1. The van der Waals surface area contributed by atoms with Crippen LogP contribution in [0.3, 0.4) is 0 Å². The summed E-state index contributed by atoms with van der Waals surface area (Å²) in [6, 6.07) is 4.86. The highest BCUT2D eigenvalue weighted by molar-refractivity contribution is 9.10. The molecule has 8 heteroatoms. The highest BCUT2D eigenvalue weighted by Gasteiger charge is 2.35. The molecule has 0 spiro atoms. The Hall–Kier alpha value is -1.54. The molecule has 0 bridgehead atoms. The number of likely N-dealkylation sites (N-methyl/N-ethyl adjacent to an activating group) is 1. The zero-order valence-corrected chi connectivity index (χ0v) is 15.0. The van der Waals surface area contributed by atoms with E-state index in [1.807, 2.05) is 19.0 Å². The SMILES string of the molecule is CN(C)[C@@H]1CCN(c2ccc(-n3cnc(Br)c3)c(C(F)(F)F)c2)C1. The number of imidazole rings is 1. The number of nitrogens with zero attached hydrogens (tertiary/aromatic N) is 4. The van der Waals surface area contributed by atoms with Crippen molar-refractivity contribution in [2.24, 2.45) is 0 Å².